The summed E-state index contributed by atoms with van der Waals surface area (Å²) in [5, 5.41) is 3.76. The van der Waals surface area contributed by atoms with E-state index in [9.17, 15) is 9.18 Å². The van der Waals surface area contributed by atoms with Crippen LogP contribution in [-0.4, -0.2) is 10.9 Å². The van der Waals surface area contributed by atoms with Crippen molar-refractivity contribution in [2.24, 2.45) is 0 Å². The highest BCUT2D eigenvalue weighted by Crippen LogP contribution is 2.25. The van der Waals surface area contributed by atoms with Crippen LogP contribution in [-0.2, 0) is 0 Å². The number of hydrogen-bond acceptors (Lipinski definition) is 3. The summed E-state index contributed by atoms with van der Waals surface area (Å²) in [6, 6.07) is 10.00. The SMILES string of the molecule is Cc1nc2ccc(NC(=O)c3ccc(C)c(F)c3)cc2s1. The van der Waals surface area contributed by atoms with Crippen LogP contribution >= 0.6 is 11.3 Å². The number of fused-ring (bicyclic) bond motifs is 1. The molecule has 3 aromatic rings. The van der Waals surface area contributed by atoms with E-state index in [0.717, 1.165) is 15.2 Å². The molecule has 1 aromatic heterocycles. The molecular formula is C16H13FN2OS. The van der Waals surface area contributed by atoms with Crippen molar-refractivity contribution < 1.29 is 9.18 Å². The minimum absolute atomic E-state index is 0.304. The monoisotopic (exact) mass is 300 g/mol. The maximum atomic E-state index is 13.5. The molecule has 0 bridgehead atoms. The molecule has 1 amide bonds. The molecule has 1 N–H and O–H groups in total. The molecule has 0 spiro atoms. The zero-order valence-corrected chi connectivity index (χ0v) is 12.4. The molecule has 1 heterocycles. The number of thiazole rings is 1. The first-order valence-electron chi connectivity index (χ1n) is 6.47. The average Bonchev–Trinajstić information content (AvgIpc) is 2.81. The highest BCUT2D eigenvalue weighted by Gasteiger charge is 2.09. The van der Waals surface area contributed by atoms with E-state index in [1.165, 1.54) is 6.07 Å². The number of carbonyl (C=O) groups is 1. The fourth-order valence-corrected chi connectivity index (χ4v) is 2.92. The summed E-state index contributed by atoms with van der Waals surface area (Å²) in [7, 11) is 0. The highest BCUT2D eigenvalue weighted by atomic mass is 32.1. The maximum absolute atomic E-state index is 13.5. The minimum Gasteiger partial charge on any atom is -0.322 e. The molecule has 0 aliphatic heterocycles. The number of aromatic nitrogens is 1. The molecule has 0 aliphatic rings. The Morgan fingerprint density at radius 3 is 2.76 bits per heavy atom. The third kappa shape index (κ3) is 2.78. The minimum atomic E-state index is -0.379. The summed E-state index contributed by atoms with van der Waals surface area (Å²) in [6.45, 7) is 3.61. The number of anilines is 1. The first-order valence-corrected chi connectivity index (χ1v) is 7.29. The highest BCUT2D eigenvalue weighted by molar-refractivity contribution is 7.18. The van der Waals surface area contributed by atoms with Gasteiger partial charge in [-0.3, -0.25) is 4.79 Å². The Hall–Kier alpha value is -2.27. The van der Waals surface area contributed by atoms with Crippen molar-refractivity contribution in [3.8, 4) is 0 Å². The Morgan fingerprint density at radius 2 is 2.00 bits per heavy atom. The van der Waals surface area contributed by atoms with Crippen molar-refractivity contribution in [1.82, 2.24) is 4.98 Å². The van der Waals surface area contributed by atoms with Gasteiger partial charge in [-0.1, -0.05) is 6.07 Å². The van der Waals surface area contributed by atoms with Gasteiger partial charge in [0, 0.05) is 11.3 Å². The number of carbonyl (C=O) groups excluding carboxylic acids is 1. The molecule has 0 aliphatic carbocycles. The summed E-state index contributed by atoms with van der Waals surface area (Å²) < 4.78 is 14.5. The summed E-state index contributed by atoms with van der Waals surface area (Å²) >= 11 is 1.57. The number of aryl methyl sites for hydroxylation is 2. The molecule has 0 unspecified atom stereocenters. The van der Waals surface area contributed by atoms with Crippen molar-refractivity contribution in [2.45, 2.75) is 13.8 Å². The van der Waals surface area contributed by atoms with Crippen LogP contribution in [0.4, 0.5) is 10.1 Å². The number of hydrogen-bond donors (Lipinski definition) is 1. The number of benzene rings is 2. The Labute approximate surface area is 125 Å². The van der Waals surface area contributed by atoms with Gasteiger partial charge in [0.2, 0.25) is 0 Å². The van der Waals surface area contributed by atoms with Gasteiger partial charge in [-0.15, -0.1) is 11.3 Å². The van der Waals surface area contributed by atoms with E-state index in [2.05, 4.69) is 10.3 Å². The fraction of sp³-hybridized carbons (Fsp3) is 0.125. The molecule has 106 valence electrons. The van der Waals surface area contributed by atoms with Gasteiger partial charge in [0.15, 0.2) is 0 Å². The van der Waals surface area contributed by atoms with Crippen LogP contribution in [0.5, 0.6) is 0 Å². The van der Waals surface area contributed by atoms with E-state index in [1.54, 1.807) is 36.5 Å². The van der Waals surface area contributed by atoms with Gasteiger partial charge < -0.3 is 5.32 Å². The van der Waals surface area contributed by atoms with Gasteiger partial charge >= 0.3 is 0 Å². The molecule has 0 fully saturated rings. The topological polar surface area (TPSA) is 42.0 Å². The van der Waals surface area contributed by atoms with Crippen molar-refractivity contribution in [2.75, 3.05) is 5.32 Å². The molecular weight excluding hydrogens is 287 g/mol. The van der Waals surface area contributed by atoms with Crippen LogP contribution in [0.3, 0.4) is 0 Å². The fourth-order valence-electron chi connectivity index (χ4n) is 2.05. The van der Waals surface area contributed by atoms with E-state index in [4.69, 9.17) is 0 Å². The molecule has 21 heavy (non-hydrogen) atoms. The Kier molecular flexibility index (Phi) is 3.43. The second-order valence-electron chi connectivity index (χ2n) is 4.83. The van der Waals surface area contributed by atoms with Gasteiger partial charge in [-0.2, -0.15) is 0 Å². The molecule has 0 saturated carbocycles. The lowest BCUT2D eigenvalue weighted by Crippen LogP contribution is -2.12. The predicted octanol–water partition coefficient (Wildman–Crippen LogP) is 4.30. The zero-order valence-electron chi connectivity index (χ0n) is 11.6. The molecule has 2 aromatic carbocycles. The van der Waals surface area contributed by atoms with Crippen molar-refractivity contribution >= 4 is 33.1 Å². The maximum Gasteiger partial charge on any atom is 0.255 e. The summed E-state index contributed by atoms with van der Waals surface area (Å²) in [5.41, 5.74) is 2.42. The molecule has 0 atom stereocenters. The lowest BCUT2D eigenvalue weighted by Gasteiger charge is -2.06. The molecule has 0 saturated heterocycles. The summed E-state index contributed by atoms with van der Waals surface area (Å²) in [6.07, 6.45) is 0. The lowest BCUT2D eigenvalue weighted by molar-refractivity contribution is 0.102. The van der Waals surface area contributed by atoms with E-state index in [0.29, 0.717) is 16.8 Å². The first-order chi connectivity index (χ1) is 10.0. The number of rotatable bonds is 2. The third-order valence-corrected chi connectivity index (χ3v) is 4.12. The van der Waals surface area contributed by atoms with Gasteiger partial charge in [0.1, 0.15) is 5.82 Å². The molecule has 0 radical (unpaired) electrons. The largest absolute Gasteiger partial charge is 0.322 e. The first kappa shape index (κ1) is 13.7. The van der Waals surface area contributed by atoms with Crippen LogP contribution in [0.1, 0.15) is 20.9 Å². The standard InChI is InChI=1S/C16H13FN2OS/c1-9-3-4-11(7-13(9)17)16(20)19-12-5-6-14-15(8-12)21-10(2)18-14/h3-8H,1-2H3,(H,19,20). The Morgan fingerprint density at radius 1 is 1.19 bits per heavy atom. The van der Waals surface area contributed by atoms with E-state index >= 15 is 0 Å². The second-order valence-corrected chi connectivity index (χ2v) is 6.07. The van der Waals surface area contributed by atoms with E-state index in [1.807, 2.05) is 19.1 Å². The van der Waals surface area contributed by atoms with E-state index in [-0.39, 0.29) is 11.7 Å². The van der Waals surface area contributed by atoms with Gasteiger partial charge in [0.05, 0.1) is 15.2 Å². The van der Waals surface area contributed by atoms with Crippen LogP contribution in [0.15, 0.2) is 36.4 Å². The van der Waals surface area contributed by atoms with Gasteiger partial charge in [0.25, 0.3) is 5.91 Å². The zero-order chi connectivity index (χ0) is 15.0. The number of nitrogens with zero attached hydrogens (tertiary/aromatic N) is 1. The summed E-state index contributed by atoms with van der Waals surface area (Å²) in [5.74, 6) is -0.703. The van der Waals surface area contributed by atoms with Gasteiger partial charge in [-0.05, 0) is 49.7 Å². The smallest absolute Gasteiger partial charge is 0.255 e. The molecule has 3 rings (SSSR count). The third-order valence-electron chi connectivity index (χ3n) is 3.19. The molecule has 3 nitrogen and oxygen atoms in total. The molecule has 5 heteroatoms. The van der Waals surface area contributed by atoms with E-state index < -0.39 is 0 Å². The quantitative estimate of drug-likeness (QED) is 0.766. The van der Waals surface area contributed by atoms with Crippen LogP contribution < -0.4 is 5.32 Å². The predicted molar refractivity (Wildman–Crippen MR) is 83.4 cm³/mol. The van der Waals surface area contributed by atoms with Crippen molar-refractivity contribution in [3.05, 3.63) is 58.3 Å². The normalized spacial score (nSPS) is 10.8. The van der Waals surface area contributed by atoms with Gasteiger partial charge in [-0.25, -0.2) is 9.37 Å². The number of nitrogens with one attached hydrogen (secondary N) is 1. The van der Waals surface area contributed by atoms with Crippen molar-refractivity contribution in [3.63, 3.8) is 0 Å². The lowest BCUT2D eigenvalue weighted by atomic mass is 10.1. The average molecular weight is 300 g/mol. The van der Waals surface area contributed by atoms with Crippen molar-refractivity contribution in [1.29, 1.82) is 0 Å². The number of halogens is 1. The van der Waals surface area contributed by atoms with Crippen LogP contribution in [0, 0.1) is 19.7 Å². The van der Waals surface area contributed by atoms with Crippen LogP contribution in [0.25, 0.3) is 10.2 Å². The van der Waals surface area contributed by atoms with Crippen LogP contribution in [0.2, 0.25) is 0 Å². The Bertz CT molecular complexity index is 841. The second kappa shape index (κ2) is 5.26. The summed E-state index contributed by atoms with van der Waals surface area (Å²) in [4.78, 5) is 16.5. The number of amides is 1. The Balaban J connectivity index is 1.86.